The van der Waals surface area contributed by atoms with Gasteiger partial charge in [0.25, 0.3) is 0 Å². The molecule has 3 unspecified atom stereocenters. The van der Waals surface area contributed by atoms with E-state index in [4.69, 9.17) is 0 Å². The van der Waals surface area contributed by atoms with Crippen LogP contribution in [0.1, 0.15) is 51.0 Å². The summed E-state index contributed by atoms with van der Waals surface area (Å²) in [4.78, 5) is 15.1. The number of rotatable bonds is 4. The molecule has 4 heteroatoms. The third kappa shape index (κ3) is 2.57. The van der Waals surface area contributed by atoms with E-state index in [1.54, 1.807) is 0 Å². The number of aliphatic hydroxyl groups is 1. The molecule has 4 aliphatic carbocycles. The second-order valence-corrected chi connectivity index (χ2v) is 9.70. The minimum atomic E-state index is -0.441. The van der Waals surface area contributed by atoms with Gasteiger partial charge in [-0.15, -0.1) is 0 Å². The van der Waals surface area contributed by atoms with E-state index in [0.29, 0.717) is 23.8 Å². The predicted octanol–water partition coefficient (Wildman–Crippen LogP) is 3.34. The van der Waals surface area contributed by atoms with Crippen LogP contribution >= 0.6 is 0 Å². The third-order valence-electron chi connectivity index (χ3n) is 7.71. The van der Waals surface area contributed by atoms with Gasteiger partial charge in [-0.1, -0.05) is 30.3 Å². The Labute approximate surface area is 156 Å². The molecule has 1 aliphatic heterocycles. The monoisotopic (exact) mass is 354 g/mol. The number of hydrogen-bond donors (Lipinski definition) is 2. The molecule has 140 valence electrons. The van der Waals surface area contributed by atoms with E-state index in [9.17, 15) is 9.90 Å². The van der Waals surface area contributed by atoms with Gasteiger partial charge in [-0.2, -0.15) is 0 Å². The van der Waals surface area contributed by atoms with Gasteiger partial charge in [0.15, 0.2) is 0 Å². The molecule has 1 aromatic carbocycles. The van der Waals surface area contributed by atoms with Gasteiger partial charge in [0, 0.05) is 12.6 Å². The Morgan fingerprint density at radius 1 is 1.15 bits per heavy atom. The fourth-order valence-corrected chi connectivity index (χ4v) is 6.82. The van der Waals surface area contributed by atoms with Crippen molar-refractivity contribution in [1.29, 1.82) is 0 Å². The van der Waals surface area contributed by atoms with Gasteiger partial charge in [0.1, 0.15) is 0 Å². The maximum atomic E-state index is 12.9. The highest BCUT2D eigenvalue weighted by atomic mass is 16.3. The van der Waals surface area contributed by atoms with Crippen LogP contribution in [0.2, 0.25) is 0 Å². The molecule has 4 bridgehead atoms. The number of hydrogen-bond acceptors (Lipinski definition) is 2. The summed E-state index contributed by atoms with van der Waals surface area (Å²) < 4.78 is 0. The molecule has 1 aromatic rings. The zero-order valence-corrected chi connectivity index (χ0v) is 15.7. The van der Waals surface area contributed by atoms with Gasteiger partial charge in [0.2, 0.25) is 0 Å². The van der Waals surface area contributed by atoms with Crippen molar-refractivity contribution in [2.24, 2.45) is 17.8 Å². The zero-order valence-electron chi connectivity index (χ0n) is 15.7. The highest BCUT2D eigenvalue weighted by Crippen LogP contribution is 2.58. The fourth-order valence-electron chi connectivity index (χ4n) is 6.82. The number of carbonyl (C=O) groups is 1. The summed E-state index contributed by atoms with van der Waals surface area (Å²) >= 11 is 0. The molecule has 0 radical (unpaired) electrons. The standard InChI is InChI=1S/C22H30N2O2/c1-21(8-7-15-5-3-2-4-6-15)14-23-20(25)24(21)19-17-9-16-10-18(19)13-22(26,11-16)12-17/h2-6,16-19,26H,7-14H2,1H3,(H,23,25). The van der Waals surface area contributed by atoms with Crippen LogP contribution in [0.5, 0.6) is 0 Å². The quantitative estimate of drug-likeness (QED) is 0.871. The topological polar surface area (TPSA) is 52.6 Å². The number of benzene rings is 1. The van der Waals surface area contributed by atoms with Crippen LogP contribution in [0, 0.1) is 17.8 Å². The first-order valence-corrected chi connectivity index (χ1v) is 10.3. The van der Waals surface area contributed by atoms with Crippen molar-refractivity contribution in [2.45, 2.75) is 69.1 Å². The fraction of sp³-hybridized carbons (Fsp3) is 0.682. The van der Waals surface area contributed by atoms with E-state index in [2.05, 4.69) is 47.5 Å². The van der Waals surface area contributed by atoms with Gasteiger partial charge in [-0.05, 0) is 75.2 Å². The van der Waals surface area contributed by atoms with Crippen LogP contribution in [-0.2, 0) is 6.42 Å². The number of urea groups is 1. The molecule has 6 rings (SSSR count). The normalized spacial score (nSPS) is 43.8. The summed E-state index contributed by atoms with van der Waals surface area (Å²) in [6.45, 7) is 3.00. The lowest BCUT2D eigenvalue weighted by atomic mass is 9.51. The molecule has 26 heavy (non-hydrogen) atoms. The Bertz CT molecular complexity index is 689. The first kappa shape index (κ1) is 16.6. The van der Waals surface area contributed by atoms with Gasteiger partial charge in [-0.3, -0.25) is 0 Å². The SMILES string of the molecule is CC1(CCc2ccccc2)CNC(=O)N1C1C2CC3CC1CC(O)(C3)C2. The highest BCUT2D eigenvalue weighted by molar-refractivity contribution is 5.78. The molecule has 0 spiro atoms. The van der Waals surface area contributed by atoms with E-state index >= 15 is 0 Å². The van der Waals surface area contributed by atoms with Crippen molar-refractivity contribution < 1.29 is 9.90 Å². The number of nitrogens with one attached hydrogen (secondary N) is 1. The lowest BCUT2D eigenvalue weighted by Gasteiger charge is -2.61. The largest absolute Gasteiger partial charge is 0.390 e. The van der Waals surface area contributed by atoms with E-state index in [-0.39, 0.29) is 11.6 Å². The van der Waals surface area contributed by atoms with Gasteiger partial charge >= 0.3 is 6.03 Å². The van der Waals surface area contributed by atoms with Gasteiger partial charge < -0.3 is 15.3 Å². The molecule has 3 atom stereocenters. The second-order valence-electron chi connectivity index (χ2n) is 9.70. The minimum Gasteiger partial charge on any atom is -0.390 e. The molecule has 5 fully saturated rings. The van der Waals surface area contributed by atoms with Crippen molar-refractivity contribution in [1.82, 2.24) is 10.2 Å². The molecule has 1 saturated heterocycles. The third-order valence-corrected chi connectivity index (χ3v) is 7.71. The molecule has 2 amide bonds. The predicted molar refractivity (Wildman–Crippen MR) is 101 cm³/mol. The van der Waals surface area contributed by atoms with Gasteiger partial charge in [-0.25, -0.2) is 4.79 Å². The lowest BCUT2D eigenvalue weighted by Crippen LogP contribution is -2.65. The van der Waals surface area contributed by atoms with Gasteiger partial charge in [0.05, 0.1) is 11.1 Å². The molecule has 0 aromatic heterocycles. The Morgan fingerprint density at radius 3 is 2.50 bits per heavy atom. The van der Waals surface area contributed by atoms with Crippen LogP contribution in [0.3, 0.4) is 0 Å². The molecule has 5 aliphatic rings. The molecule has 4 nitrogen and oxygen atoms in total. The first-order valence-electron chi connectivity index (χ1n) is 10.3. The summed E-state index contributed by atoms with van der Waals surface area (Å²) in [6, 6.07) is 11.0. The first-order chi connectivity index (χ1) is 12.5. The zero-order chi connectivity index (χ0) is 17.9. The maximum Gasteiger partial charge on any atom is 0.318 e. The Balaban J connectivity index is 1.39. The second kappa shape index (κ2) is 5.72. The summed E-state index contributed by atoms with van der Waals surface area (Å²) in [5.74, 6) is 1.63. The number of amides is 2. The lowest BCUT2D eigenvalue weighted by molar-refractivity contribution is -0.160. The van der Waals surface area contributed by atoms with Crippen LogP contribution in [0.25, 0.3) is 0 Å². The molecule has 2 N–H and O–H groups in total. The van der Waals surface area contributed by atoms with E-state index in [1.807, 2.05) is 0 Å². The number of aryl methyl sites for hydroxylation is 1. The smallest absolute Gasteiger partial charge is 0.318 e. The minimum absolute atomic E-state index is 0.116. The van der Waals surface area contributed by atoms with Crippen molar-refractivity contribution in [3.8, 4) is 0 Å². The van der Waals surface area contributed by atoms with Crippen LogP contribution in [0.4, 0.5) is 4.79 Å². The highest BCUT2D eigenvalue weighted by Gasteiger charge is 2.59. The maximum absolute atomic E-state index is 12.9. The summed E-state index contributed by atoms with van der Waals surface area (Å²) in [6.07, 6.45) is 7.15. The van der Waals surface area contributed by atoms with Crippen molar-refractivity contribution in [3.63, 3.8) is 0 Å². The molecule has 4 saturated carbocycles. The number of nitrogens with zero attached hydrogens (tertiary/aromatic N) is 1. The van der Waals surface area contributed by atoms with E-state index in [0.717, 1.165) is 38.6 Å². The molecular formula is C22H30N2O2. The van der Waals surface area contributed by atoms with Crippen molar-refractivity contribution in [2.75, 3.05) is 6.54 Å². The Hall–Kier alpha value is -1.55. The molecule has 1 heterocycles. The Kier molecular flexibility index (Phi) is 3.66. The number of carbonyl (C=O) groups excluding carboxylic acids is 1. The Morgan fingerprint density at radius 2 is 1.85 bits per heavy atom. The molecular weight excluding hydrogens is 324 g/mol. The summed E-state index contributed by atoms with van der Waals surface area (Å²) in [5, 5.41) is 14.0. The average Bonchev–Trinajstić information content (AvgIpc) is 2.89. The van der Waals surface area contributed by atoms with Crippen LogP contribution in [0.15, 0.2) is 30.3 Å². The van der Waals surface area contributed by atoms with Crippen molar-refractivity contribution >= 4 is 6.03 Å². The van der Waals surface area contributed by atoms with E-state index in [1.165, 1.54) is 18.4 Å². The van der Waals surface area contributed by atoms with E-state index < -0.39 is 5.60 Å². The summed E-state index contributed by atoms with van der Waals surface area (Å²) in [5.41, 5.74) is 0.770. The average molecular weight is 354 g/mol. The van der Waals surface area contributed by atoms with Crippen molar-refractivity contribution in [3.05, 3.63) is 35.9 Å². The van der Waals surface area contributed by atoms with Crippen LogP contribution < -0.4 is 5.32 Å². The van der Waals surface area contributed by atoms with Crippen LogP contribution in [-0.4, -0.2) is 39.8 Å². The summed E-state index contributed by atoms with van der Waals surface area (Å²) in [7, 11) is 0.